The molecule has 0 radical (unpaired) electrons. The summed E-state index contributed by atoms with van der Waals surface area (Å²) >= 11 is 0. The van der Waals surface area contributed by atoms with Crippen LogP contribution in [0.5, 0.6) is 17.2 Å². The molecular weight excluding hydrogens is 430 g/mol. The van der Waals surface area contributed by atoms with Gasteiger partial charge in [0, 0.05) is 5.56 Å². The summed E-state index contributed by atoms with van der Waals surface area (Å²) in [6.45, 7) is 2.95. The van der Waals surface area contributed by atoms with Crippen LogP contribution >= 0.6 is 0 Å². The fourth-order valence-corrected chi connectivity index (χ4v) is 3.75. The molecule has 0 fully saturated rings. The van der Waals surface area contributed by atoms with Crippen LogP contribution in [0.2, 0.25) is 0 Å². The number of ether oxygens (including phenoxy) is 4. The van der Waals surface area contributed by atoms with Crippen LogP contribution in [0.4, 0.5) is 0 Å². The lowest BCUT2D eigenvalue weighted by Gasteiger charge is -2.07. The third kappa shape index (κ3) is 7.37. The zero-order valence-corrected chi connectivity index (χ0v) is 20.5. The van der Waals surface area contributed by atoms with E-state index in [2.05, 4.69) is 11.9 Å². The first kappa shape index (κ1) is 25.3. The molecule has 6 nitrogen and oxygen atoms in total. The zero-order chi connectivity index (χ0) is 24.2. The van der Waals surface area contributed by atoms with Crippen molar-refractivity contribution >= 4 is 17.9 Å². The van der Waals surface area contributed by atoms with Crippen molar-refractivity contribution in [2.24, 2.45) is 4.99 Å². The number of cyclic esters (lactones) is 1. The van der Waals surface area contributed by atoms with Crippen LogP contribution in [0.25, 0.3) is 6.08 Å². The number of carbonyl (C=O) groups is 1. The Bertz CT molecular complexity index is 994. The number of methoxy groups -OCH3 is 2. The van der Waals surface area contributed by atoms with Crippen molar-refractivity contribution < 1.29 is 23.7 Å². The van der Waals surface area contributed by atoms with E-state index in [1.807, 2.05) is 30.3 Å². The molecule has 182 valence electrons. The number of nitrogens with zero attached hydrogens (tertiary/aromatic N) is 1. The minimum absolute atomic E-state index is 0.234. The highest BCUT2D eigenvalue weighted by Crippen LogP contribution is 2.29. The lowest BCUT2D eigenvalue weighted by Crippen LogP contribution is -2.05. The molecule has 0 amide bonds. The number of carbonyl (C=O) groups excluding carboxylic acids is 1. The standard InChI is InChI=1S/C28H35NO5/c1-4-5-6-7-8-9-10-11-18-33-23-15-13-22(14-16-23)27-29-24(28(30)34-27)19-21-12-17-25(31-2)26(20-21)32-3/h12-17,19-20H,4-11,18H2,1-3H3. The normalized spacial score (nSPS) is 14.1. The number of aliphatic imine (C=N–C) groups is 1. The maximum Gasteiger partial charge on any atom is 0.363 e. The van der Waals surface area contributed by atoms with Crippen LogP contribution in [-0.2, 0) is 9.53 Å². The van der Waals surface area contributed by atoms with Crippen LogP contribution in [0.3, 0.4) is 0 Å². The molecule has 6 heteroatoms. The molecule has 0 saturated heterocycles. The summed E-state index contributed by atoms with van der Waals surface area (Å²) in [4.78, 5) is 16.7. The van der Waals surface area contributed by atoms with Crippen molar-refractivity contribution in [3.05, 3.63) is 59.3 Å². The first-order valence-electron chi connectivity index (χ1n) is 12.1. The van der Waals surface area contributed by atoms with Crippen LogP contribution < -0.4 is 14.2 Å². The van der Waals surface area contributed by atoms with E-state index in [1.54, 1.807) is 32.4 Å². The van der Waals surface area contributed by atoms with Gasteiger partial charge < -0.3 is 18.9 Å². The smallest absolute Gasteiger partial charge is 0.363 e. The van der Waals surface area contributed by atoms with Gasteiger partial charge in [-0.1, -0.05) is 57.9 Å². The molecule has 0 aliphatic carbocycles. The predicted molar refractivity (Wildman–Crippen MR) is 135 cm³/mol. The molecule has 1 heterocycles. The first-order valence-corrected chi connectivity index (χ1v) is 12.1. The van der Waals surface area contributed by atoms with E-state index in [0.29, 0.717) is 18.1 Å². The monoisotopic (exact) mass is 465 g/mol. The maximum atomic E-state index is 12.3. The van der Waals surface area contributed by atoms with Gasteiger partial charge in [-0.3, -0.25) is 0 Å². The van der Waals surface area contributed by atoms with Gasteiger partial charge in [0.1, 0.15) is 5.75 Å². The molecule has 2 aromatic carbocycles. The van der Waals surface area contributed by atoms with Gasteiger partial charge in [-0.15, -0.1) is 0 Å². The Balaban J connectivity index is 1.51. The van der Waals surface area contributed by atoms with Crippen LogP contribution in [0.1, 0.15) is 69.4 Å². The molecule has 2 aromatic rings. The Morgan fingerprint density at radius 1 is 0.853 bits per heavy atom. The van der Waals surface area contributed by atoms with E-state index in [9.17, 15) is 4.79 Å². The van der Waals surface area contributed by atoms with E-state index in [1.165, 1.54) is 44.9 Å². The van der Waals surface area contributed by atoms with Gasteiger partial charge >= 0.3 is 5.97 Å². The Hall–Kier alpha value is -3.28. The second kappa shape index (κ2) is 13.4. The van der Waals surface area contributed by atoms with E-state index < -0.39 is 5.97 Å². The topological polar surface area (TPSA) is 66.3 Å². The molecular formula is C28H35NO5. The number of esters is 1. The summed E-state index contributed by atoms with van der Waals surface area (Å²) in [6.07, 6.45) is 11.9. The predicted octanol–water partition coefficient (Wildman–Crippen LogP) is 6.57. The third-order valence-corrected chi connectivity index (χ3v) is 5.70. The average Bonchev–Trinajstić information content (AvgIpc) is 3.23. The van der Waals surface area contributed by atoms with Gasteiger partial charge in [0.15, 0.2) is 17.2 Å². The molecule has 0 atom stereocenters. The van der Waals surface area contributed by atoms with Crippen molar-refractivity contribution in [3.63, 3.8) is 0 Å². The fourth-order valence-electron chi connectivity index (χ4n) is 3.75. The van der Waals surface area contributed by atoms with Crippen LogP contribution in [0.15, 0.2) is 53.2 Å². The summed E-state index contributed by atoms with van der Waals surface area (Å²) in [5.41, 5.74) is 1.72. The van der Waals surface area contributed by atoms with E-state index in [0.717, 1.165) is 23.3 Å². The first-order chi connectivity index (χ1) is 16.6. The lowest BCUT2D eigenvalue weighted by molar-refractivity contribution is -0.129. The van der Waals surface area contributed by atoms with E-state index in [4.69, 9.17) is 18.9 Å². The van der Waals surface area contributed by atoms with Crippen molar-refractivity contribution in [3.8, 4) is 17.2 Å². The molecule has 0 unspecified atom stereocenters. The number of rotatable bonds is 14. The van der Waals surface area contributed by atoms with Crippen LogP contribution in [-0.4, -0.2) is 32.7 Å². The maximum absolute atomic E-state index is 12.3. The fraction of sp³-hybridized carbons (Fsp3) is 0.429. The van der Waals surface area contributed by atoms with Gasteiger partial charge in [-0.25, -0.2) is 9.79 Å². The van der Waals surface area contributed by atoms with Crippen molar-refractivity contribution in [1.82, 2.24) is 0 Å². The van der Waals surface area contributed by atoms with E-state index >= 15 is 0 Å². The Morgan fingerprint density at radius 3 is 2.21 bits per heavy atom. The summed E-state index contributed by atoms with van der Waals surface area (Å²) < 4.78 is 21.8. The minimum atomic E-state index is -0.486. The van der Waals surface area contributed by atoms with Crippen molar-refractivity contribution in [2.45, 2.75) is 58.3 Å². The SMILES string of the molecule is CCCCCCCCCCOc1ccc(C2=NC(=Cc3ccc(OC)c(OC)c3)C(=O)O2)cc1. The van der Waals surface area contributed by atoms with Gasteiger partial charge in [0.05, 0.1) is 20.8 Å². The number of unbranched alkanes of at least 4 members (excludes halogenated alkanes) is 7. The number of hydrogen-bond donors (Lipinski definition) is 0. The van der Waals surface area contributed by atoms with Crippen molar-refractivity contribution in [2.75, 3.05) is 20.8 Å². The third-order valence-electron chi connectivity index (χ3n) is 5.70. The van der Waals surface area contributed by atoms with Gasteiger partial charge in [0.2, 0.25) is 5.90 Å². The zero-order valence-electron chi connectivity index (χ0n) is 20.5. The molecule has 0 bridgehead atoms. The van der Waals surface area contributed by atoms with Crippen LogP contribution in [0, 0.1) is 0 Å². The summed E-state index contributed by atoms with van der Waals surface area (Å²) in [7, 11) is 3.14. The second-order valence-corrected chi connectivity index (χ2v) is 8.30. The quantitative estimate of drug-likeness (QED) is 0.179. The Kier molecular flexibility index (Phi) is 10.0. The highest BCUT2D eigenvalue weighted by Gasteiger charge is 2.24. The molecule has 0 N–H and O–H groups in total. The molecule has 3 rings (SSSR count). The molecule has 0 aromatic heterocycles. The lowest BCUT2D eigenvalue weighted by atomic mass is 10.1. The largest absolute Gasteiger partial charge is 0.494 e. The Morgan fingerprint density at radius 2 is 1.53 bits per heavy atom. The number of hydrogen-bond acceptors (Lipinski definition) is 6. The van der Waals surface area contributed by atoms with Gasteiger partial charge in [-0.05, 0) is 54.5 Å². The highest BCUT2D eigenvalue weighted by atomic mass is 16.6. The van der Waals surface area contributed by atoms with Gasteiger partial charge in [-0.2, -0.15) is 0 Å². The molecule has 34 heavy (non-hydrogen) atoms. The highest BCUT2D eigenvalue weighted by molar-refractivity contribution is 6.12. The van der Waals surface area contributed by atoms with E-state index in [-0.39, 0.29) is 11.6 Å². The second-order valence-electron chi connectivity index (χ2n) is 8.30. The molecule has 1 aliphatic rings. The van der Waals surface area contributed by atoms with Crippen molar-refractivity contribution in [1.29, 1.82) is 0 Å². The minimum Gasteiger partial charge on any atom is -0.494 e. The molecule has 0 spiro atoms. The summed E-state index contributed by atoms with van der Waals surface area (Å²) in [5, 5.41) is 0. The molecule has 0 saturated carbocycles. The van der Waals surface area contributed by atoms with Gasteiger partial charge in [0.25, 0.3) is 0 Å². The average molecular weight is 466 g/mol. The molecule has 1 aliphatic heterocycles. The Labute approximate surface area is 202 Å². The summed E-state index contributed by atoms with van der Waals surface area (Å²) in [6, 6.07) is 12.9. The number of benzene rings is 2. The summed E-state index contributed by atoms with van der Waals surface area (Å²) in [5.74, 6) is 1.80.